The van der Waals surface area contributed by atoms with E-state index in [4.69, 9.17) is 9.15 Å². The number of aryl methyl sites for hydroxylation is 1. The highest BCUT2D eigenvalue weighted by Crippen LogP contribution is 2.50. The topological polar surface area (TPSA) is 77.2 Å². The molecule has 1 aliphatic heterocycles. The van der Waals surface area contributed by atoms with Gasteiger partial charge in [0, 0.05) is 38.5 Å². The van der Waals surface area contributed by atoms with Gasteiger partial charge in [0.05, 0.1) is 17.7 Å². The third kappa shape index (κ3) is 5.38. The molecule has 2 atom stereocenters. The minimum Gasteiger partial charge on any atom is -0.493 e. The van der Waals surface area contributed by atoms with Gasteiger partial charge < -0.3 is 14.1 Å². The third-order valence-corrected chi connectivity index (χ3v) is 6.83. The molecule has 0 bridgehead atoms. The fourth-order valence-electron chi connectivity index (χ4n) is 4.83. The lowest BCUT2D eigenvalue weighted by molar-refractivity contribution is -0.138. The van der Waals surface area contributed by atoms with E-state index in [9.17, 15) is 17.6 Å². The molecule has 7 nitrogen and oxygen atoms in total. The summed E-state index contributed by atoms with van der Waals surface area (Å²) in [6, 6.07) is 4.60. The molecule has 5 rings (SSSR count). The van der Waals surface area contributed by atoms with Gasteiger partial charge in [0.15, 0.2) is 0 Å². The molecule has 1 aromatic carbocycles. The van der Waals surface area contributed by atoms with Crippen molar-refractivity contribution in [3.8, 4) is 17.2 Å². The van der Waals surface area contributed by atoms with E-state index < -0.39 is 17.6 Å². The molecule has 0 N–H and O–H groups in total. The molecule has 1 aliphatic carbocycles. The first-order valence-corrected chi connectivity index (χ1v) is 11.6. The van der Waals surface area contributed by atoms with Crippen molar-refractivity contribution in [1.29, 1.82) is 0 Å². The number of hydrogen-bond donors (Lipinski definition) is 0. The highest BCUT2D eigenvalue weighted by Gasteiger charge is 2.43. The maximum absolute atomic E-state index is 14.4. The molecule has 0 amide bonds. The van der Waals surface area contributed by atoms with Gasteiger partial charge in [0.2, 0.25) is 11.8 Å². The maximum Gasteiger partial charge on any atom is 0.419 e. The summed E-state index contributed by atoms with van der Waals surface area (Å²) in [5.74, 6) is 2.66. The highest BCUT2D eigenvalue weighted by atomic mass is 19.4. The maximum atomic E-state index is 14.4. The average molecular weight is 491 g/mol. The predicted molar refractivity (Wildman–Crippen MR) is 118 cm³/mol. The van der Waals surface area contributed by atoms with Gasteiger partial charge in [-0.05, 0) is 55.6 Å². The van der Waals surface area contributed by atoms with Gasteiger partial charge in [-0.2, -0.15) is 13.2 Å². The number of rotatable bonds is 7. The van der Waals surface area contributed by atoms with Crippen LogP contribution in [0.1, 0.15) is 37.1 Å². The van der Waals surface area contributed by atoms with Crippen molar-refractivity contribution < 1.29 is 26.7 Å². The van der Waals surface area contributed by atoms with Crippen molar-refractivity contribution in [2.75, 3.05) is 24.6 Å². The Bertz CT molecular complexity index is 1160. The van der Waals surface area contributed by atoms with Gasteiger partial charge in [-0.1, -0.05) is 0 Å². The lowest BCUT2D eigenvalue weighted by atomic mass is 9.90. The number of halogens is 4. The second kappa shape index (κ2) is 9.43. The molecule has 0 spiro atoms. The van der Waals surface area contributed by atoms with Gasteiger partial charge in [-0.25, -0.2) is 14.4 Å². The van der Waals surface area contributed by atoms with Crippen LogP contribution in [-0.2, 0) is 6.18 Å². The molecule has 0 radical (unpaired) electrons. The third-order valence-electron chi connectivity index (χ3n) is 6.83. The van der Waals surface area contributed by atoms with E-state index in [0.29, 0.717) is 41.9 Å². The molecule has 35 heavy (non-hydrogen) atoms. The van der Waals surface area contributed by atoms with Gasteiger partial charge in [-0.3, -0.25) is 0 Å². The van der Waals surface area contributed by atoms with Crippen LogP contribution in [0.25, 0.3) is 11.5 Å². The van der Waals surface area contributed by atoms with E-state index in [-0.39, 0.29) is 11.5 Å². The summed E-state index contributed by atoms with van der Waals surface area (Å²) in [6.07, 6.45) is 1.24. The van der Waals surface area contributed by atoms with Gasteiger partial charge >= 0.3 is 6.18 Å². The molecular formula is C24H25F4N5O2. The minimum atomic E-state index is -4.43. The van der Waals surface area contributed by atoms with Crippen molar-refractivity contribution >= 4 is 5.95 Å². The number of piperidine rings is 1. The predicted octanol–water partition coefficient (Wildman–Crippen LogP) is 5.31. The van der Waals surface area contributed by atoms with Crippen LogP contribution in [0, 0.1) is 30.5 Å². The van der Waals surface area contributed by atoms with Crippen molar-refractivity contribution in [2.24, 2.45) is 17.8 Å². The Morgan fingerprint density at radius 2 is 1.86 bits per heavy atom. The monoisotopic (exact) mass is 491 g/mol. The number of anilines is 1. The standard InChI is InChI=1S/C24H25F4N5O2/c1-14-31-32-22(35-14)19-3-2-18(11-21(19)25)34-9-6-16-10-20(16)15-4-7-33(8-5-15)23-29-12-17(13-30-23)24(26,27)28/h2-3,11-13,15-16,20H,4-10H2,1H3/t16-,20-/m1/s1. The van der Waals surface area contributed by atoms with Crippen LogP contribution in [0.15, 0.2) is 35.0 Å². The van der Waals surface area contributed by atoms with Crippen LogP contribution in [0.5, 0.6) is 5.75 Å². The van der Waals surface area contributed by atoms with Crippen LogP contribution < -0.4 is 9.64 Å². The van der Waals surface area contributed by atoms with Crippen LogP contribution in [0.3, 0.4) is 0 Å². The average Bonchev–Trinajstić information content (AvgIpc) is 3.48. The SMILES string of the molecule is Cc1nnc(-c2ccc(OCC[C@@H]3C[C@@H]3C3CCN(c4ncc(C(F)(F)F)cn4)CC3)cc2F)o1. The number of benzene rings is 1. The Morgan fingerprint density at radius 3 is 2.49 bits per heavy atom. The van der Waals surface area contributed by atoms with E-state index in [2.05, 4.69) is 20.2 Å². The summed E-state index contributed by atoms with van der Waals surface area (Å²) in [5, 5.41) is 7.56. The Hall–Kier alpha value is -3.24. The number of aromatic nitrogens is 4. The Kier molecular flexibility index (Phi) is 6.33. The lowest BCUT2D eigenvalue weighted by Crippen LogP contribution is -2.35. The van der Waals surface area contributed by atoms with E-state index in [0.717, 1.165) is 51.2 Å². The molecule has 3 aromatic rings. The fraction of sp³-hybridized carbons (Fsp3) is 0.500. The first-order valence-electron chi connectivity index (χ1n) is 11.6. The summed E-state index contributed by atoms with van der Waals surface area (Å²) >= 11 is 0. The summed E-state index contributed by atoms with van der Waals surface area (Å²) in [6.45, 7) is 3.63. The molecule has 0 unspecified atom stereocenters. The number of ether oxygens (including phenoxy) is 1. The normalized spacial score (nSPS) is 20.8. The van der Waals surface area contributed by atoms with Crippen LogP contribution in [0.4, 0.5) is 23.5 Å². The summed E-state index contributed by atoms with van der Waals surface area (Å²) in [7, 11) is 0. The molecule has 1 saturated carbocycles. The van der Waals surface area contributed by atoms with Gasteiger partial charge in [0.1, 0.15) is 11.6 Å². The fourth-order valence-corrected chi connectivity index (χ4v) is 4.83. The van der Waals surface area contributed by atoms with Crippen LogP contribution in [0.2, 0.25) is 0 Å². The Morgan fingerprint density at radius 1 is 1.11 bits per heavy atom. The van der Waals surface area contributed by atoms with Crippen LogP contribution >= 0.6 is 0 Å². The number of hydrogen-bond acceptors (Lipinski definition) is 7. The Labute approximate surface area is 199 Å². The second-order valence-electron chi connectivity index (χ2n) is 9.16. The zero-order valence-electron chi connectivity index (χ0n) is 19.1. The summed E-state index contributed by atoms with van der Waals surface area (Å²) in [5.41, 5.74) is -0.590. The minimum absolute atomic E-state index is 0.142. The smallest absolute Gasteiger partial charge is 0.419 e. The first kappa shape index (κ1) is 23.5. The highest BCUT2D eigenvalue weighted by molar-refractivity contribution is 5.55. The van der Waals surface area contributed by atoms with Gasteiger partial charge in [-0.15, -0.1) is 10.2 Å². The van der Waals surface area contributed by atoms with Crippen molar-refractivity contribution in [1.82, 2.24) is 20.2 Å². The van der Waals surface area contributed by atoms with Gasteiger partial charge in [0.25, 0.3) is 5.89 Å². The lowest BCUT2D eigenvalue weighted by Gasteiger charge is -2.32. The first-order chi connectivity index (χ1) is 16.8. The molecule has 186 valence electrons. The zero-order valence-corrected chi connectivity index (χ0v) is 19.1. The van der Waals surface area contributed by atoms with E-state index in [1.54, 1.807) is 19.1 Å². The van der Waals surface area contributed by atoms with Crippen molar-refractivity contribution in [2.45, 2.75) is 38.8 Å². The molecule has 2 fully saturated rings. The molecule has 11 heteroatoms. The molecule has 1 saturated heterocycles. The number of alkyl halides is 3. The molecule has 2 aromatic heterocycles. The molecule has 2 aliphatic rings. The molecular weight excluding hydrogens is 466 g/mol. The molecule has 3 heterocycles. The summed E-state index contributed by atoms with van der Waals surface area (Å²) < 4.78 is 63.6. The second-order valence-corrected chi connectivity index (χ2v) is 9.16. The van der Waals surface area contributed by atoms with Crippen molar-refractivity contribution in [3.63, 3.8) is 0 Å². The largest absolute Gasteiger partial charge is 0.493 e. The zero-order chi connectivity index (χ0) is 24.6. The summed E-state index contributed by atoms with van der Waals surface area (Å²) in [4.78, 5) is 9.77. The van der Waals surface area contributed by atoms with E-state index in [1.807, 2.05) is 4.90 Å². The van der Waals surface area contributed by atoms with Crippen LogP contribution in [-0.4, -0.2) is 39.9 Å². The van der Waals surface area contributed by atoms with Crippen molar-refractivity contribution in [3.05, 3.63) is 47.9 Å². The van der Waals surface area contributed by atoms with E-state index >= 15 is 0 Å². The Balaban J connectivity index is 1.05. The quantitative estimate of drug-likeness (QED) is 0.414. The van der Waals surface area contributed by atoms with E-state index in [1.165, 1.54) is 6.07 Å². The number of nitrogens with zero attached hydrogens (tertiary/aromatic N) is 5.